The van der Waals surface area contributed by atoms with E-state index < -0.39 is 20.0 Å². The topological polar surface area (TPSA) is 113 Å². The first-order valence-electron chi connectivity index (χ1n) is 11.9. The number of amides is 1. The zero-order valence-electron chi connectivity index (χ0n) is 20.5. The number of aryl methyl sites for hydroxylation is 1. The van der Waals surface area contributed by atoms with Crippen molar-refractivity contribution < 1.29 is 21.6 Å². The smallest absolute Gasteiger partial charge is 0.261 e. The zero-order valence-corrected chi connectivity index (χ0v) is 23.7. The Morgan fingerprint density at radius 2 is 1.58 bits per heavy atom. The fourth-order valence-electron chi connectivity index (χ4n) is 4.19. The van der Waals surface area contributed by atoms with Gasteiger partial charge in [0.15, 0.2) is 0 Å². The van der Waals surface area contributed by atoms with Gasteiger partial charge in [-0.25, -0.2) is 21.1 Å². The molecule has 0 radical (unpaired) electrons. The minimum absolute atomic E-state index is 0.0353. The predicted octanol–water partition coefficient (Wildman–Crippen LogP) is 5.28. The lowest BCUT2D eigenvalue weighted by Gasteiger charge is -2.30. The predicted molar refractivity (Wildman–Crippen MR) is 150 cm³/mol. The van der Waals surface area contributed by atoms with E-state index in [1.54, 1.807) is 43.3 Å². The summed E-state index contributed by atoms with van der Waals surface area (Å²) in [6, 6.07) is 17.5. The standard InChI is InChI=1S/C26H27Cl2N3O5S2/c1-18-5-6-22(28)16-25(18)30-38(35,36)24-9-7-23(8-10-24)29-26(32)20-11-13-31(14-12-20)37(33,34)17-19-3-2-4-21(27)15-19/h2-10,15-16,20,30H,11-14,17H2,1H3,(H,29,32). The van der Waals surface area contributed by atoms with E-state index in [0.29, 0.717) is 39.8 Å². The van der Waals surface area contributed by atoms with Gasteiger partial charge in [0.25, 0.3) is 10.0 Å². The number of nitrogens with zero attached hydrogens (tertiary/aromatic N) is 1. The number of nitrogens with one attached hydrogen (secondary N) is 2. The van der Waals surface area contributed by atoms with Crippen LogP contribution in [0, 0.1) is 12.8 Å². The van der Waals surface area contributed by atoms with Crippen LogP contribution in [0.5, 0.6) is 0 Å². The minimum Gasteiger partial charge on any atom is -0.326 e. The van der Waals surface area contributed by atoms with Gasteiger partial charge in [-0.3, -0.25) is 9.52 Å². The van der Waals surface area contributed by atoms with Gasteiger partial charge in [-0.15, -0.1) is 0 Å². The summed E-state index contributed by atoms with van der Waals surface area (Å²) in [4.78, 5) is 12.8. The van der Waals surface area contributed by atoms with E-state index in [4.69, 9.17) is 23.2 Å². The van der Waals surface area contributed by atoms with Crippen molar-refractivity contribution in [3.05, 3.63) is 87.9 Å². The van der Waals surface area contributed by atoms with Crippen molar-refractivity contribution in [3.63, 3.8) is 0 Å². The summed E-state index contributed by atoms with van der Waals surface area (Å²) in [5.41, 5.74) is 2.17. The highest BCUT2D eigenvalue weighted by Crippen LogP contribution is 2.26. The maximum Gasteiger partial charge on any atom is 0.261 e. The number of hydrogen-bond acceptors (Lipinski definition) is 5. The Labute approximate surface area is 233 Å². The molecule has 0 aliphatic carbocycles. The second-order valence-electron chi connectivity index (χ2n) is 9.14. The van der Waals surface area contributed by atoms with E-state index in [0.717, 1.165) is 5.56 Å². The molecule has 202 valence electrons. The summed E-state index contributed by atoms with van der Waals surface area (Å²) in [6.07, 6.45) is 0.770. The number of carbonyl (C=O) groups excluding carboxylic acids is 1. The van der Waals surface area contributed by atoms with Gasteiger partial charge in [0, 0.05) is 34.7 Å². The van der Waals surface area contributed by atoms with E-state index in [1.807, 2.05) is 0 Å². The van der Waals surface area contributed by atoms with Gasteiger partial charge in [-0.2, -0.15) is 0 Å². The van der Waals surface area contributed by atoms with E-state index in [-0.39, 0.29) is 35.6 Å². The summed E-state index contributed by atoms with van der Waals surface area (Å²) >= 11 is 11.9. The van der Waals surface area contributed by atoms with Crippen molar-refractivity contribution in [2.75, 3.05) is 23.1 Å². The van der Waals surface area contributed by atoms with Gasteiger partial charge in [-0.05, 0) is 79.4 Å². The summed E-state index contributed by atoms with van der Waals surface area (Å²) in [5.74, 6) is -0.741. The van der Waals surface area contributed by atoms with Crippen LogP contribution in [0.1, 0.15) is 24.0 Å². The summed E-state index contributed by atoms with van der Waals surface area (Å²) in [7, 11) is -7.39. The van der Waals surface area contributed by atoms with Crippen LogP contribution in [-0.4, -0.2) is 40.1 Å². The molecule has 0 atom stereocenters. The molecular formula is C26H27Cl2N3O5S2. The molecule has 0 saturated carbocycles. The second kappa shape index (κ2) is 11.6. The van der Waals surface area contributed by atoms with Gasteiger partial charge in [0.1, 0.15) is 0 Å². The number of piperidine rings is 1. The van der Waals surface area contributed by atoms with Crippen LogP contribution >= 0.6 is 23.2 Å². The maximum absolute atomic E-state index is 12.8. The molecule has 1 fully saturated rings. The number of sulfonamides is 2. The number of halogens is 2. The Balaban J connectivity index is 1.33. The minimum atomic E-state index is -3.85. The molecular weight excluding hydrogens is 569 g/mol. The van der Waals surface area contributed by atoms with Gasteiger partial charge in [0.2, 0.25) is 15.9 Å². The lowest BCUT2D eigenvalue weighted by molar-refractivity contribution is -0.120. The molecule has 1 saturated heterocycles. The molecule has 12 heteroatoms. The van der Waals surface area contributed by atoms with E-state index in [9.17, 15) is 21.6 Å². The maximum atomic E-state index is 12.8. The average Bonchev–Trinajstić information content (AvgIpc) is 2.86. The molecule has 1 aliphatic rings. The third kappa shape index (κ3) is 7.06. The van der Waals surface area contributed by atoms with Crippen LogP contribution in [0.4, 0.5) is 11.4 Å². The Bertz CT molecular complexity index is 1540. The van der Waals surface area contributed by atoms with Crippen molar-refractivity contribution in [2.24, 2.45) is 5.92 Å². The molecule has 1 aliphatic heterocycles. The lowest BCUT2D eigenvalue weighted by atomic mass is 9.97. The van der Waals surface area contributed by atoms with Crippen LogP contribution in [0.2, 0.25) is 10.0 Å². The Morgan fingerprint density at radius 1 is 0.921 bits per heavy atom. The molecule has 1 amide bonds. The quantitative estimate of drug-likeness (QED) is 0.367. The third-order valence-electron chi connectivity index (χ3n) is 6.33. The summed E-state index contributed by atoms with van der Waals surface area (Å²) in [6.45, 7) is 2.26. The number of rotatable bonds is 8. The van der Waals surface area contributed by atoms with Gasteiger partial charge >= 0.3 is 0 Å². The number of carbonyl (C=O) groups is 1. The van der Waals surface area contributed by atoms with Crippen molar-refractivity contribution in [1.82, 2.24) is 4.31 Å². The van der Waals surface area contributed by atoms with Gasteiger partial charge in [0.05, 0.1) is 16.3 Å². The van der Waals surface area contributed by atoms with Crippen LogP contribution in [0.15, 0.2) is 71.6 Å². The largest absolute Gasteiger partial charge is 0.326 e. The van der Waals surface area contributed by atoms with Crippen molar-refractivity contribution in [1.29, 1.82) is 0 Å². The molecule has 2 N–H and O–H groups in total. The van der Waals surface area contributed by atoms with E-state index in [1.165, 1.54) is 34.6 Å². The van der Waals surface area contributed by atoms with E-state index >= 15 is 0 Å². The third-order valence-corrected chi connectivity index (χ3v) is 10.0. The van der Waals surface area contributed by atoms with Crippen molar-refractivity contribution in [2.45, 2.75) is 30.4 Å². The molecule has 3 aromatic rings. The first-order chi connectivity index (χ1) is 17.9. The molecule has 0 spiro atoms. The SMILES string of the molecule is Cc1ccc(Cl)cc1NS(=O)(=O)c1ccc(NC(=O)C2CCN(S(=O)(=O)Cc3cccc(Cl)c3)CC2)cc1. The molecule has 0 aromatic heterocycles. The highest BCUT2D eigenvalue weighted by molar-refractivity contribution is 7.92. The molecule has 8 nitrogen and oxygen atoms in total. The average molecular weight is 597 g/mol. The van der Waals surface area contributed by atoms with Crippen LogP contribution in [-0.2, 0) is 30.6 Å². The molecule has 1 heterocycles. The summed E-state index contributed by atoms with van der Waals surface area (Å²) in [5, 5.41) is 3.69. The van der Waals surface area contributed by atoms with Gasteiger partial charge < -0.3 is 5.32 Å². The highest BCUT2D eigenvalue weighted by Gasteiger charge is 2.31. The highest BCUT2D eigenvalue weighted by atomic mass is 35.5. The first kappa shape index (κ1) is 28.4. The monoisotopic (exact) mass is 595 g/mol. The van der Waals surface area contributed by atoms with E-state index in [2.05, 4.69) is 10.0 Å². The Kier molecular flexibility index (Phi) is 8.68. The normalized spacial score (nSPS) is 15.2. The van der Waals surface area contributed by atoms with Crippen LogP contribution < -0.4 is 10.0 Å². The fourth-order valence-corrected chi connectivity index (χ4v) is 7.25. The molecule has 38 heavy (non-hydrogen) atoms. The lowest BCUT2D eigenvalue weighted by Crippen LogP contribution is -2.41. The number of hydrogen-bond donors (Lipinski definition) is 2. The molecule has 0 bridgehead atoms. The number of benzene rings is 3. The zero-order chi connectivity index (χ0) is 27.5. The second-order valence-corrected chi connectivity index (χ2v) is 13.7. The Morgan fingerprint density at radius 3 is 2.24 bits per heavy atom. The van der Waals surface area contributed by atoms with Crippen molar-refractivity contribution >= 4 is 60.5 Å². The fraction of sp³-hybridized carbons (Fsp3) is 0.269. The molecule has 3 aromatic carbocycles. The first-order valence-corrected chi connectivity index (χ1v) is 15.7. The number of anilines is 2. The van der Waals surface area contributed by atoms with Crippen molar-refractivity contribution in [3.8, 4) is 0 Å². The molecule has 4 rings (SSSR count). The van der Waals surface area contributed by atoms with Crippen LogP contribution in [0.25, 0.3) is 0 Å². The van der Waals surface area contributed by atoms with Gasteiger partial charge in [-0.1, -0.05) is 41.4 Å². The Hall–Kier alpha value is -2.63. The molecule has 0 unspecified atom stereocenters. The summed E-state index contributed by atoms with van der Waals surface area (Å²) < 4.78 is 55.2. The van der Waals surface area contributed by atoms with Crippen LogP contribution in [0.3, 0.4) is 0 Å².